The number of carbonyl (C=O) groups excluding carboxylic acids is 1. The van der Waals surface area contributed by atoms with Gasteiger partial charge >= 0.3 is 0 Å². The zero-order valence-electron chi connectivity index (χ0n) is 7.78. The van der Waals surface area contributed by atoms with E-state index in [1.165, 1.54) is 18.7 Å². The van der Waals surface area contributed by atoms with Gasteiger partial charge < -0.3 is 9.73 Å². The van der Waals surface area contributed by atoms with Crippen molar-refractivity contribution in [2.45, 2.75) is 0 Å². The molecule has 0 bridgehead atoms. The van der Waals surface area contributed by atoms with Gasteiger partial charge in [0, 0.05) is 0 Å². The summed E-state index contributed by atoms with van der Waals surface area (Å²) in [4.78, 5) is 19.7. The number of amides is 1. The predicted octanol–water partition coefficient (Wildman–Crippen LogP) is 2.85. The summed E-state index contributed by atoms with van der Waals surface area (Å²) < 4.78 is 5.85. The third-order valence-corrected chi connectivity index (χ3v) is 2.65. The maximum atomic E-state index is 11.6. The molecule has 2 rings (SSSR count). The van der Waals surface area contributed by atoms with Crippen molar-refractivity contribution < 1.29 is 9.21 Å². The number of hydrogen-bond donors (Lipinski definition) is 1. The number of anilines is 1. The summed E-state index contributed by atoms with van der Waals surface area (Å²) in [6, 6.07) is 1.57. The van der Waals surface area contributed by atoms with E-state index in [1.807, 2.05) is 0 Å². The summed E-state index contributed by atoms with van der Waals surface area (Å²) in [7, 11) is 0. The van der Waals surface area contributed by atoms with Crippen LogP contribution in [0.15, 0.2) is 38.4 Å². The molecule has 0 atom stereocenters. The molecule has 1 amide bonds. The van der Waals surface area contributed by atoms with Crippen LogP contribution >= 0.6 is 31.9 Å². The minimum atomic E-state index is -0.300. The Morgan fingerprint density at radius 3 is 2.88 bits per heavy atom. The first kappa shape index (κ1) is 11.3. The first-order valence-corrected chi connectivity index (χ1v) is 5.77. The van der Waals surface area contributed by atoms with Crippen molar-refractivity contribution >= 4 is 43.6 Å². The molecule has 0 saturated heterocycles. The Labute approximate surface area is 108 Å². The smallest absolute Gasteiger partial charge is 0.260 e. The Bertz CT molecular complexity index is 513. The maximum Gasteiger partial charge on any atom is 0.260 e. The first-order valence-electron chi connectivity index (χ1n) is 4.18. The highest BCUT2D eigenvalue weighted by Gasteiger charge is 2.11. The lowest BCUT2D eigenvalue weighted by atomic mass is 10.3. The fourth-order valence-corrected chi connectivity index (χ4v) is 1.91. The van der Waals surface area contributed by atoms with Gasteiger partial charge in [0.25, 0.3) is 5.91 Å². The van der Waals surface area contributed by atoms with Gasteiger partial charge in [-0.3, -0.25) is 4.79 Å². The zero-order chi connectivity index (χ0) is 11.5. The molecule has 0 radical (unpaired) electrons. The molecular weight excluding hydrogens is 342 g/mol. The molecule has 0 aliphatic rings. The van der Waals surface area contributed by atoms with Gasteiger partial charge in [0.15, 0.2) is 5.82 Å². The van der Waals surface area contributed by atoms with Gasteiger partial charge in [-0.25, -0.2) is 9.97 Å². The minimum absolute atomic E-state index is 0.300. The Balaban J connectivity index is 2.18. The Kier molecular flexibility index (Phi) is 3.35. The predicted molar refractivity (Wildman–Crippen MR) is 64.1 cm³/mol. The molecule has 7 heteroatoms. The molecule has 0 aromatic carbocycles. The topological polar surface area (TPSA) is 68.0 Å². The van der Waals surface area contributed by atoms with Gasteiger partial charge in [0.1, 0.15) is 15.5 Å². The van der Waals surface area contributed by atoms with Gasteiger partial charge in [-0.05, 0) is 37.9 Å². The molecule has 0 aliphatic heterocycles. The summed E-state index contributed by atoms with van der Waals surface area (Å²) in [5.74, 6) is 0.0560. The van der Waals surface area contributed by atoms with Crippen LogP contribution in [0.2, 0.25) is 0 Å². The quantitative estimate of drug-likeness (QED) is 0.907. The summed E-state index contributed by atoms with van der Waals surface area (Å²) >= 11 is 6.37. The van der Waals surface area contributed by atoms with E-state index >= 15 is 0 Å². The van der Waals surface area contributed by atoms with E-state index in [0.29, 0.717) is 20.6 Å². The SMILES string of the molecule is O=C(Nc1ncc(Br)nc1Br)c1ccoc1. The monoisotopic (exact) mass is 345 g/mol. The van der Waals surface area contributed by atoms with E-state index in [0.717, 1.165) is 0 Å². The number of hydrogen-bond acceptors (Lipinski definition) is 4. The molecule has 82 valence electrons. The van der Waals surface area contributed by atoms with Crippen molar-refractivity contribution in [2.75, 3.05) is 5.32 Å². The third kappa shape index (κ3) is 2.48. The normalized spacial score (nSPS) is 10.1. The molecule has 2 aromatic rings. The molecule has 2 heterocycles. The number of carbonyl (C=O) groups is 1. The highest BCUT2D eigenvalue weighted by atomic mass is 79.9. The van der Waals surface area contributed by atoms with E-state index in [2.05, 4.69) is 47.1 Å². The fraction of sp³-hybridized carbons (Fsp3) is 0. The van der Waals surface area contributed by atoms with E-state index < -0.39 is 0 Å². The van der Waals surface area contributed by atoms with Gasteiger partial charge in [-0.15, -0.1) is 0 Å². The van der Waals surface area contributed by atoms with E-state index in [1.54, 1.807) is 6.07 Å². The lowest BCUT2D eigenvalue weighted by Crippen LogP contribution is -2.12. The van der Waals surface area contributed by atoms with Gasteiger partial charge in [-0.1, -0.05) is 0 Å². The summed E-state index contributed by atoms with van der Waals surface area (Å²) in [6.45, 7) is 0. The van der Waals surface area contributed by atoms with Gasteiger partial charge in [-0.2, -0.15) is 0 Å². The van der Waals surface area contributed by atoms with Crippen molar-refractivity contribution in [2.24, 2.45) is 0 Å². The molecule has 0 spiro atoms. The third-order valence-electron chi connectivity index (χ3n) is 1.72. The Morgan fingerprint density at radius 2 is 2.25 bits per heavy atom. The second-order valence-corrected chi connectivity index (χ2v) is 4.36. The van der Waals surface area contributed by atoms with Crippen LogP contribution in [0.3, 0.4) is 0 Å². The molecule has 0 fully saturated rings. The summed E-state index contributed by atoms with van der Waals surface area (Å²) in [5.41, 5.74) is 0.427. The molecule has 0 aliphatic carbocycles. The highest BCUT2D eigenvalue weighted by molar-refractivity contribution is 9.11. The number of halogens is 2. The molecular formula is C9H5Br2N3O2. The first-order chi connectivity index (χ1) is 7.66. The van der Waals surface area contributed by atoms with Crippen LogP contribution in [0, 0.1) is 0 Å². The van der Waals surface area contributed by atoms with Crippen LogP contribution in [-0.4, -0.2) is 15.9 Å². The second kappa shape index (κ2) is 4.75. The van der Waals surface area contributed by atoms with E-state index in [-0.39, 0.29) is 5.91 Å². The van der Waals surface area contributed by atoms with Crippen LogP contribution in [-0.2, 0) is 0 Å². The average molecular weight is 347 g/mol. The number of nitrogens with one attached hydrogen (secondary N) is 1. The largest absolute Gasteiger partial charge is 0.472 e. The lowest BCUT2D eigenvalue weighted by Gasteiger charge is -2.03. The van der Waals surface area contributed by atoms with Gasteiger partial charge in [0.2, 0.25) is 0 Å². The molecule has 1 N–H and O–H groups in total. The lowest BCUT2D eigenvalue weighted by molar-refractivity contribution is 0.102. The molecule has 0 unspecified atom stereocenters. The van der Waals surface area contributed by atoms with Gasteiger partial charge in [0.05, 0.1) is 18.0 Å². The zero-order valence-corrected chi connectivity index (χ0v) is 10.9. The standard InChI is InChI=1S/C9H5Br2N3O2/c10-6-3-12-8(7(11)13-6)14-9(15)5-1-2-16-4-5/h1-4H,(H,12,14,15). The van der Waals surface area contributed by atoms with E-state index in [4.69, 9.17) is 4.42 Å². The van der Waals surface area contributed by atoms with Crippen molar-refractivity contribution in [3.05, 3.63) is 39.6 Å². The van der Waals surface area contributed by atoms with Crippen molar-refractivity contribution in [3.8, 4) is 0 Å². The Hall–Kier alpha value is -1.21. The molecule has 2 aromatic heterocycles. The fourth-order valence-electron chi connectivity index (χ4n) is 1.00. The number of aromatic nitrogens is 2. The maximum absolute atomic E-state index is 11.6. The molecule has 5 nitrogen and oxygen atoms in total. The van der Waals surface area contributed by atoms with E-state index in [9.17, 15) is 4.79 Å². The average Bonchev–Trinajstić information content (AvgIpc) is 2.75. The number of nitrogens with zero attached hydrogens (tertiary/aromatic N) is 2. The summed E-state index contributed by atoms with van der Waals surface area (Å²) in [6.07, 6.45) is 4.28. The van der Waals surface area contributed by atoms with Crippen LogP contribution in [0.4, 0.5) is 5.82 Å². The Morgan fingerprint density at radius 1 is 1.44 bits per heavy atom. The van der Waals surface area contributed by atoms with Crippen molar-refractivity contribution in [3.63, 3.8) is 0 Å². The second-order valence-electron chi connectivity index (χ2n) is 2.80. The molecule has 0 saturated carbocycles. The number of furan rings is 1. The highest BCUT2D eigenvalue weighted by Crippen LogP contribution is 2.19. The molecule has 16 heavy (non-hydrogen) atoms. The van der Waals surface area contributed by atoms with Crippen LogP contribution in [0.1, 0.15) is 10.4 Å². The number of rotatable bonds is 2. The van der Waals surface area contributed by atoms with Crippen LogP contribution in [0.5, 0.6) is 0 Å². The summed E-state index contributed by atoms with van der Waals surface area (Å²) in [5, 5.41) is 2.60. The van der Waals surface area contributed by atoms with Crippen LogP contribution in [0.25, 0.3) is 0 Å². The van der Waals surface area contributed by atoms with Crippen molar-refractivity contribution in [1.82, 2.24) is 9.97 Å². The van der Waals surface area contributed by atoms with Crippen molar-refractivity contribution in [1.29, 1.82) is 0 Å². The minimum Gasteiger partial charge on any atom is -0.472 e. The van der Waals surface area contributed by atoms with Crippen LogP contribution < -0.4 is 5.32 Å².